The van der Waals surface area contributed by atoms with Crippen molar-refractivity contribution in [1.29, 1.82) is 0 Å². The van der Waals surface area contributed by atoms with E-state index in [1.807, 2.05) is 25.1 Å². The minimum absolute atomic E-state index is 0.149. The molecule has 0 bridgehead atoms. The first-order chi connectivity index (χ1) is 12.9. The number of carbonyl (C=O) groups is 1. The highest BCUT2D eigenvalue weighted by Crippen LogP contribution is 2.56. The monoisotopic (exact) mass is 390 g/mol. The Balaban J connectivity index is 1.39. The number of rotatable bonds is 3. The molecule has 0 aromatic heterocycles. The molecular formula is C21H21ClF2N2O. The zero-order valence-corrected chi connectivity index (χ0v) is 15.8. The highest BCUT2D eigenvalue weighted by atomic mass is 35.5. The van der Waals surface area contributed by atoms with Crippen LogP contribution in [0.3, 0.4) is 0 Å². The van der Waals surface area contributed by atoms with Crippen LogP contribution in [0, 0.1) is 18.7 Å². The molecule has 2 fully saturated rings. The number of nitrogens with zero attached hydrogens (tertiary/aromatic N) is 2. The number of amides is 1. The summed E-state index contributed by atoms with van der Waals surface area (Å²) in [7, 11) is 0. The highest BCUT2D eigenvalue weighted by Gasteiger charge is 2.61. The van der Waals surface area contributed by atoms with Crippen molar-refractivity contribution in [2.24, 2.45) is 5.92 Å². The van der Waals surface area contributed by atoms with Gasteiger partial charge in [-0.3, -0.25) is 4.79 Å². The van der Waals surface area contributed by atoms with Crippen molar-refractivity contribution in [2.75, 3.05) is 31.1 Å². The molecule has 2 aromatic carbocycles. The molecule has 142 valence electrons. The molecule has 27 heavy (non-hydrogen) atoms. The summed E-state index contributed by atoms with van der Waals surface area (Å²) >= 11 is 6.11. The second-order valence-electron chi connectivity index (χ2n) is 7.37. The van der Waals surface area contributed by atoms with Gasteiger partial charge in [0.15, 0.2) is 0 Å². The lowest BCUT2D eigenvalue weighted by molar-refractivity contribution is -0.134. The molecule has 1 aliphatic carbocycles. The fraction of sp³-hybridized carbons (Fsp3) is 0.381. The van der Waals surface area contributed by atoms with Crippen LogP contribution in [0.4, 0.5) is 14.5 Å². The molecule has 3 nitrogen and oxygen atoms in total. The molecule has 1 amide bonds. The average Bonchev–Trinajstić information content (AvgIpc) is 3.36. The van der Waals surface area contributed by atoms with E-state index in [4.69, 9.17) is 11.6 Å². The molecule has 2 aromatic rings. The van der Waals surface area contributed by atoms with Crippen LogP contribution in [0.15, 0.2) is 42.5 Å². The number of hydrogen-bond donors (Lipinski definition) is 0. The van der Waals surface area contributed by atoms with Crippen molar-refractivity contribution in [3.05, 3.63) is 64.4 Å². The summed E-state index contributed by atoms with van der Waals surface area (Å²) in [6.07, 6.45) is 0.172. The van der Waals surface area contributed by atoms with E-state index in [-0.39, 0.29) is 12.3 Å². The van der Waals surface area contributed by atoms with Crippen LogP contribution >= 0.6 is 11.6 Å². The number of hydrogen-bond acceptors (Lipinski definition) is 2. The van der Waals surface area contributed by atoms with E-state index in [0.717, 1.165) is 11.3 Å². The molecule has 1 saturated carbocycles. The van der Waals surface area contributed by atoms with Gasteiger partial charge in [0.05, 0.1) is 5.92 Å². The molecule has 0 spiro atoms. The number of aryl methyl sites for hydroxylation is 1. The molecule has 1 aliphatic heterocycles. The van der Waals surface area contributed by atoms with E-state index in [2.05, 4.69) is 4.90 Å². The predicted octanol–water partition coefficient (Wildman–Crippen LogP) is 4.32. The second-order valence-corrected chi connectivity index (χ2v) is 7.81. The van der Waals surface area contributed by atoms with Crippen LogP contribution in [-0.2, 0) is 10.5 Å². The van der Waals surface area contributed by atoms with Gasteiger partial charge in [-0.05, 0) is 42.3 Å². The van der Waals surface area contributed by atoms with Gasteiger partial charge in [-0.1, -0.05) is 29.8 Å². The topological polar surface area (TPSA) is 23.6 Å². The third-order valence-electron chi connectivity index (χ3n) is 5.62. The van der Waals surface area contributed by atoms with Crippen molar-refractivity contribution in [3.8, 4) is 0 Å². The molecule has 1 unspecified atom stereocenters. The van der Waals surface area contributed by atoms with Gasteiger partial charge in [-0.2, -0.15) is 0 Å². The SMILES string of the molecule is Cc1ccc(Cl)cc1N1CCN(C(=O)[C@@H]2CC2(F)c2ccc(F)cc2)CC1. The first-order valence-electron chi connectivity index (χ1n) is 9.13. The number of benzene rings is 2. The first kappa shape index (κ1) is 18.2. The van der Waals surface area contributed by atoms with Crippen molar-refractivity contribution in [1.82, 2.24) is 4.90 Å². The lowest BCUT2D eigenvalue weighted by Crippen LogP contribution is -2.49. The van der Waals surface area contributed by atoms with Crippen LogP contribution in [0.5, 0.6) is 0 Å². The van der Waals surface area contributed by atoms with Gasteiger partial charge in [0.2, 0.25) is 5.91 Å². The number of piperazine rings is 1. The zero-order valence-electron chi connectivity index (χ0n) is 15.1. The summed E-state index contributed by atoms with van der Waals surface area (Å²) in [5.74, 6) is -1.22. The largest absolute Gasteiger partial charge is 0.368 e. The fourth-order valence-corrected chi connectivity index (χ4v) is 4.04. The highest BCUT2D eigenvalue weighted by molar-refractivity contribution is 6.30. The zero-order chi connectivity index (χ0) is 19.2. The van der Waals surface area contributed by atoms with E-state index in [0.29, 0.717) is 36.8 Å². The second kappa shape index (κ2) is 6.79. The number of anilines is 1. The summed E-state index contributed by atoms with van der Waals surface area (Å²) in [5.41, 5.74) is 0.939. The fourth-order valence-electron chi connectivity index (χ4n) is 3.88. The van der Waals surface area contributed by atoms with Crippen LogP contribution in [-0.4, -0.2) is 37.0 Å². The summed E-state index contributed by atoms with van der Waals surface area (Å²) in [6, 6.07) is 11.1. The van der Waals surface area contributed by atoms with Crippen LogP contribution in [0.25, 0.3) is 0 Å². The maximum Gasteiger partial charge on any atom is 0.229 e. The van der Waals surface area contributed by atoms with Gasteiger partial charge >= 0.3 is 0 Å². The summed E-state index contributed by atoms with van der Waals surface area (Å²) in [6.45, 7) is 4.53. The van der Waals surface area contributed by atoms with Gasteiger partial charge < -0.3 is 9.80 Å². The van der Waals surface area contributed by atoms with Crippen molar-refractivity contribution >= 4 is 23.2 Å². The third kappa shape index (κ3) is 3.41. The molecule has 1 saturated heterocycles. The Morgan fingerprint density at radius 3 is 2.44 bits per heavy atom. The van der Waals surface area contributed by atoms with E-state index < -0.39 is 17.4 Å². The number of alkyl halides is 1. The Labute approximate surface area is 162 Å². The smallest absolute Gasteiger partial charge is 0.229 e. The Morgan fingerprint density at radius 1 is 1.11 bits per heavy atom. The Bertz CT molecular complexity index is 865. The standard InChI is InChI=1S/C21H21ClF2N2O/c1-14-2-5-16(22)12-19(14)25-8-10-26(11-9-25)20(27)18-13-21(18,24)15-3-6-17(23)7-4-15/h2-7,12,18H,8-11,13H2,1H3/t18-,21?/m0/s1. The predicted molar refractivity (Wildman–Crippen MR) is 102 cm³/mol. The summed E-state index contributed by atoms with van der Waals surface area (Å²) < 4.78 is 28.1. The molecule has 0 N–H and O–H groups in total. The van der Waals surface area contributed by atoms with Crippen molar-refractivity contribution < 1.29 is 13.6 Å². The molecule has 0 radical (unpaired) electrons. The number of carbonyl (C=O) groups excluding carboxylic acids is 1. The quantitative estimate of drug-likeness (QED) is 0.779. The van der Waals surface area contributed by atoms with Crippen LogP contribution < -0.4 is 4.90 Å². The normalized spacial score (nSPS) is 24.8. The minimum atomic E-state index is -1.66. The molecule has 4 rings (SSSR count). The summed E-state index contributed by atoms with van der Waals surface area (Å²) in [4.78, 5) is 16.7. The van der Waals surface area contributed by atoms with E-state index in [1.54, 1.807) is 4.90 Å². The van der Waals surface area contributed by atoms with E-state index in [9.17, 15) is 9.18 Å². The molecule has 6 heteroatoms. The lowest BCUT2D eigenvalue weighted by atomic mass is 10.1. The first-order valence-corrected chi connectivity index (χ1v) is 9.51. The Hall–Kier alpha value is -2.14. The minimum Gasteiger partial charge on any atom is -0.368 e. The molecule has 2 aliphatic rings. The van der Waals surface area contributed by atoms with Crippen LogP contribution in [0.2, 0.25) is 5.02 Å². The van der Waals surface area contributed by atoms with E-state index >= 15 is 4.39 Å². The molecule has 2 atom stereocenters. The van der Waals surface area contributed by atoms with Crippen LogP contribution in [0.1, 0.15) is 17.5 Å². The Morgan fingerprint density at radius 2 is 1.78 bits per heavy atom. The average molecular weight is 391 g/mol. The van der Waals surface area contributed by atoms with Gasteiger partial charge in [0.1, 0.15) is 11.5 Å². The van der Waals surface area contributed by atoms with E-state index in [1.165, 1.54) is 24.3 Å². The van der Waals surface area contributed by atoms with Gasteiger partial charge in [0, 0.05) is 43.3 Å². The van der Waals surface area contributed by atoms with Crippen molar-refractivity contribution in [2.45, 2.75) is 19.0 Å². The number of halogens is 3. The van der Waals surface area contributed by atoms with Gasteiger partial charge in [-0.15, -0.1) is 0 Å². The lowest BCUT2D eigenvalue weighted by Gasteiger charge is -2.37. The maximum atomic E-state index is 15.1. The maximum absolute atomic E-state index is 15.1. The molecule has 1 heterocycles. The van der Waals surface area contributed by atoms with Gasteiger partial charge in [0.25, 0.3) is 0 Å². The Kier molecular flexibility index (Phi) is 4.58. The van der Waals surface area contributed by atoms with Gasteiger partial charge in [-0.25, -0.2) is 8.78 Å². The summed E-state index contributed by atoms with van der Waals surface area (Å²) in [5, 5.41) is 0.689. The third-order valence-corrected chi connectivity index (χ3v) is 5.85. The molecular weight excluding hydrogens is 370 g/mol. The van der Waals surface area contributed by atoms with Crippen molar-refractivity contribution in [3.63, 3.8) is 0 Å².